The zero-order valence-corrected chi connectivity index (χ0v) is 25.5. The van der Waals surface area contributed by atoms with Gasteiger partial charge in [0.1, 0.15) is 30.5 Å². The van der Waals surface area contributed by atoms with Crippen LogP contribution >= 0.6 is 0 Å². The molecule has 9 heteroatoms. The van der Waals surface area contributed by atoms with Crippen LogP contribution in [0.25, 0.3) is 0 Å². The summed E-state index contributed by atoms with van der Waals surface area (Å²) in [5.41, 5.74) is 7.23. The number of hydrogen-bond acceptors (Lipinski definition) is 9. The van der Waals surface area contributed by atoms with Gasteiger partial charge in [0.05, 0.1) is 34.9 Å². The summed E-state index contributed by atoms with van der Waals surface area (Å²) in [6.45, 7) is 9.31. The van der Waals surface area contributed by atoms with Crippen LogP contribution < -0.4 is 25.8 Å². The van der Waals surface area contributed by atoms with E-state index in [0.717, 1.165) is 5.75 Å². The predicted molar refractivity (Wildman–Crippen MR) is 181 cm³/mol. The molecule has 44 heavy (non-hydrogen) atoms. The molecule has 0 heterocycles. The summed E-state index contributed by atoms with van der Waals surface area (Å²) in [6.07, 6.45) is 1.22. The van der Waals surface area contributed by atoms with E-state index in [4.69, 9.17) is 36.1 Å². The van der Waals surface area contributed by atoms with Crippen molar-refractivity contribution in [3.05, 3.63) is 89.5 Å². The van der Waals surface area contributed by atoms with Crippen LogP contribution in [0.1, 0.15) is 65.7 Å². The Balaban J connectivity index is -0.000000523. The van der Waals surface area contributed by atoms with Gasteiger partial charge in [0.2, 0.25) is 0 Å². The molecule has 0 aliphatic carbocycles. The highest BCUT2D eigenvalue weighted by molar-refractivity contribution is 5.37. The summed E-state index contributed by atoms with van der Waals surface area (Å²) in [6, 6.07) is 27.4. The summed E-state index contributed by atoms with van der Waals surface area (Å²) in [5, 5.41) is 40.6. The van der Waals surface area contributed by atoms with E-state index < -0.39 is 0 Å². The van der Waals surface area contributed by atoms with Crippen LogP contribution in [0.4, 0.5) is 0 Å². The maximum Gasteiger partial charge on any atom is 0.120 e. The summed E-state index contributed by atoms with van der Waals surface area (Å²) in [5.74, 6) is 1.57. The van der Waals surface area contributed by atoms with Gasteiger partial charge in [-0.25, -0.2) is 0 Å². The molecular formula is C35H52N6O3. The average Bonchev–Trinajstić information content (AvgIpc) is 3.03. The molecular weight excluding hydrogens is 552 g/mol. The van der Waals surface area contributed by atoms with Crippen molar-refractivity contribution in [1.29, 1.82) is 15.8 Å². The number of benzene rings is 3. The standard InChI is InChI=1S/C11H14N2O.C10H12N2O.C7H5NO.C5H13N.2CH4/c1-9(13-2)8-14-11-5-3-4-10(6-11)7-12;1-8(12)7-13-10-4-2-3-9(5-10)6-11;8-5-6-2-1-3-7(9)4-6;1-4-5(2)6-3;;/h3-6,9,13H,8H2,1-2H3;2-5,8H,7,12H2,1H3;1-4,9H;5-6H,4H2,1-3H3;2*1H4. The second kappa shape index (κ2) is 27.3. The van der Waals surface area contributed by atoms with Crippen molar-refractivity contribution in [2.24, 2.45) is 5.73 Å². The van der Waals surface area contributed by atoms with Gasteiger partial charge < -0.3 is 30.9 Å². The van der Waals surface area contributed by atoms with E-state index in [1.165, 1.54) is 18.6 Å². The SMILES string of the molecule is C.C.CC(N)COc1cccc(C#N)c1.CCC(C)NC.CNC(C)COc1cccc(C#N)c1.N#Cc1cccc(O)c1. The van der Waals surface area contributed by atoms with Gasteiger partial charge >= 0.3 is 0 Å². The monoisotopic (exact) mass is 604 g/mol. The lowest BCUT2D eigenvalue weighted by molar-refractivity contribution is 0.280. The van der Waals surface area contributed by atoms with Crippen LogP contribution in [-0.4, -0.2) is 50.5 Å². The van der Waals surface area contributed by atoms with Gasteiger partial charge in [-0.3, -0.25) is 0 Å². The van der Waals surface area contributed by atoms with Crippen molar-refractivity contribution in [2.45, 2.75) is 67.1 Å². The molecule has 5 N–H and O–H groups in total. The minimum absolute atomic E-state index is 0. The third-order valence-electron chi connectivity index (χ3n) is 5.51. The van der Waals surface area contributed by atoms with Crippen LogP contribution in [0, 0.1) is 34.0 Å². The molecule has 3 rings (SSSR count). The Morgan fingerprint density at radius 2 is 1.11 bits per heavy atom. The quantitative estimate of drug-likeness (QED) is 0.217. The number of nitrogens with one attached hydrogen (secondary N) is 2. The van der Waals surface area contributed by atoms with Gasteiger partial charge in [-0.15, -0.1) is 0 Å². The molecule has 3 atom stereocenters. The first kappa shape index (κ1) is 43.9. The molecule has 3 aromatic carbocycles. The van der Waals surface area contributed by atoms with Crippen LogP contribution in [0.15, 0.2) is 72.8 Å². The summed E-state index contributed by atoms with van der Waals surface area (Å²) in [4.78, 5) is 0. The first-order valence-electron chi connectivity index (χ1n) is 13.7. The Kier molecular flexibility index (Phi) is 27.2. The molecule has 0 aliphatic heterocycles. The third kappa shape index (κ3) is 22.1. The Morgan fingerprint density at radius 1 is 0.705 bits per heavy atom. The number of phenolic OH excluding ortho intramolecular Hbond substituents is 1. The molecule has 0 spiro atoms. The van der Waals surface area contributed by atoms with Crippen molar-refractivity contribution in [1.82, 2.24) is 10.6 Å². The smallest absolute Gasteiger partial charge is 0.120 e. The van der Waals surface area contributed by atoms with Crippen LogP contribution in [0.3, 0.4) is 0 Å². The van der Waals surface area contributed by atoms with E-state index in [9.17, 15) is 0 Å². The second-order valence-corrected chi connectivity index (χ2v) is 9.33. The van der Waals surface area contributed by atoms with Gasteiger partial charge in [-0.1, -0.05) is 40.0 Å². The summed E-state index contributed by atoms with van der Waals surface area (Å²) >= 11 is 0. The number of likely N-dealkylation sites (N-methyl/N-ethyl adjacent to an activating group) is 1. The van der Waals surface area contributed by atoms with Crippen LogP contribution in [0.5, 0.6) is 17.2 Å². The Labute approximate surface area is 265 Å². The second-order valence-electron chi connectivity index (χ2n) is 9.33. The van der Waals surface area contributed by atoms with Crippen LogP contribution in [0.2, 0.25) is 0 Å². The number of aromatic hydroxyl groups is 1. The van der Waals surface area contributed by atoms with E-state index in [-0.39, 0.29) is 26.6 Å². The number of ether oxygens (including phenoxy) is 2. The number of nitrogens with two attached hydrogens (primary N) is 1. The van der Waals surface area contributed by atoms with E-state index >= 15 is 0 Å². The average molecular weight is 605 g/mol. The lowest BCUT2D eigenvalue weighted by Crippen LogP contribution is -2.28. The zero-order chi connectivity index (χ0) is 31.8. The molecule has 3 unspecified atom stereocenters. The Morgan fingerprint density at radius 3 is 1.43 bits per heavy atom. The molecule has 0 saturated heterocycles. The molecule has 3 aromatic rings. The van der Waals surface area contributed by atoms with Gasteiger partial charge in [-0.05, 0) is 95.9 Å². The lowest BCUT2D eigenvalue weighted by Gasteiger charge is -2.11. The molecule has 0 bridgehead atoms. The van der Waals surface area contributed by atoms with Crippen molar-refractivity contribution >= 4 is 0 Å². The lowest BCUT2D eigenvalue weighted by atomic mass is 10.2. The van der Waals surface area contributed by atoms with Gasteiger partial charge in [-0.2, -0.15) is 15.8 Å². The molecule has 9 nitrogen and oxygen atoms in total. The van der Waals surface area contributed by atoms with Gasteiger partial charge in [0.15, 0.2) is 0 Å². The minimum atomic E-state index is 0. The topological polar surface area (TPSA) is 160 Å². The Bertz CT molecular complexity index is 1270. The predicted octanol–water partition coefficient (Wildman–Crippen LogP) is 6.37. The highest BCUT2D eigenvalue weighted by atomic mass is 16.5. The zero-order valence-electron chi connectivity index (χ0n) is 25.5. The van der Waals surface area contributed by atoms with Crippen molar-refractivity contribution in [3.8, 4) is 35.5 Å². The van der Waals surface area contributed by atoms with Crippen LogP contribution in [-0.2, 0) is 0 Å². The largest absolute Gasteiger partial charge is 0.508 e. The Hall–Kier alpha value is -4.59. The molecule has 0 amide bonds. The fourth-order valence-electron chi connectivity index (χ4n) is 2.62. The van der Waals surface area contributed by atoms with E-state index in [1.807, 2.05) is 58.3 Å². The van der Waals surface area contributed by atoms with Crippen molar-refractivity contribution in [3.63, 3.8) is 0 Å². The minimum Gasteiger partial charge on any atom is -0.508 e. The highest BCUT2D eigenvalue weighted by Gasteiger charge is 2.00. The fraction of sp³-hybridized carbons (Fsp3) is 0.400. The molecule has 0 aromatic heterocycles. The third-order valence-corrected chi connectivity index (χ3v) is 5.51. The van der Waals surface area contributed by atoms with E-state index in [2.05, 4.69) is 30.6 Å². The fourth-order valence-corrected chi connectivity index (χ4v) is 2.62. The number of nitriles is 3. The van der Waals surface area contributed by atoms with Gasteiger partial charge in [0.25, 0.3) is 0 Å². The highest BCUT2D eigenvalue weighted by Crippen LogP contribution is 2.13. The first-order valence-corrected chi connectivity index (χ1v) is 13.7. The maximum absolute atomic E-state index is 8.79. The molecule has 0 saturated carbocycles. The normalized spacial score (nSPS) is 10.9. The van der Waals surface area contributed by atoms with Crippen molar-refractivity contribution < 1.29 is 14.6 Å². The molecule has 0 fully saturated rings. The number of nitrogens with zero attached hydrogens (tertiary/aromatic N) is 3. The van der Waals surface area contributed by atoms with E-state index in [1.54, 1.807) is 42.5 Å². The summed E-state index contributed by atoms with van der Waals surface area (Å²) in [7, 11) is 3.87. The number of phenols is 1. The van der Waals surface area contributed by atoms with Crippen molar-refractivity contribution in [2.75, 3.05) is 27.3 Å². The number of rotatable bonds is 9. The molecule has 0 aliphatic rings. The first-order chi connectivity index (χ1) is 20.1. The maximum atomic E-state index is 8.79. The number of hydrogen-bond donors (Lipinski definition) is 4. The molecule has 240 valence electrons. The summed E-state index contributed by atoms with van der Waals surface area (Å²) < 4.78 is 10.8. The molecule has 0 radical (unpaired) electrons. The van der Waals surface area contributed by atoms with E-state index in [0.29, 0.717) is 47.7 Å². The van der Waals surface area contributed by atoms with Gasteiger partial charge in [0, 0.05) is 18.1 Å².